The average molecular weight is 389 g/mol. The van der Waals surface area contributed by atoms with Crippen molar-refractivity contribution in [3.05, 3.63) is 69.7 Å². The molecule has 0 aliphatic rings. The van der Waals surface area contributed by atoms with Crippen LogP contribution in [-0.4, -0.2) is 34.2 Å². The second kappa shape index (κ2) is 7.94. The molecule has 0 atom stereocenters. The van der Waals surface area contributed by atoms with Gasteiger partial charge in [-0.3, -0.25) is 5.10 Å². The number of hydrogen-bond acceptors (Lipinski definition) is 6. The molecule has 0 radical (unpaired) electrons. The minimum atomic E-state index is -0.508. The SMILES string of the molecule is COc1cc(/C=N/n2cn[nH]c2=S)ccc1OC(=O)c1ccc(Cl)cc1. The Kier molecular flexibility index (Phi) is 5.45. The summed E-state index contributed by atoms with van der Waals surface area (Å²) in [5.74, 6) is 0.183. The first-order valence-corrected chi connectivity index (χ1v) is 8.17. The zero-order valence-electron chi connectivity index (χ0n) is 13.5. The van der Waals surface area contributed by atoms with E-state index in [4.69, 9.17) is 33.3 Å². The Bertz CT molecular complexity index is 1010. The van der Waals surface area contributed by atoms with Gasteiger partial charge in [0, 0.05) is 5.02 Å². The lowest BCUT2D eigenvalue weighted by Gasteiger charge is -2.10. The van der Waals surface area contributed by atoms with Gasteiger partial charge in [0.2, 0.25) is 4.77 Å². The second-order valence-corrected chi connectivity index (χ2v) is 5.88. The zero-order valence-corrected chi connectivity index (χ0v) is 15.1. The van der Waals surface area contributed by atoms with Gasteiger partial charge in [-0.15, -0.1) is 0 Å². The molecule has 0 spiro atoms. The summed E-state index contributed by atoms with van der Waals surface area (Å²) in [6.45, 7) is 0. The van der Waals surface area contributed by atoms with Gasteiger partial charge < -0.3 is 9.47 Å². The van der Waals surface area contributed by atoms with Crippen LogP contribution >= 0.6 is 23.8 Å². The van der Waals surface area contributed by atoms with Gasteiger partial charge in [0.15, 0.2) is 11.5 Å². The van der Waals surface area contributed by atoms with E-state index in [0.29, 0.717) is 26.9 Å². The fraction of sp³-hybridized carbons (Fsp3) is 0.0588. The molecular weight excluding hydrogens is 376 g/mol. The number of esters is 1. The van der Waals surface area contributed by atoms with E-state index in [1.807, 2.05) is 0 Å². The second-order valence-electron chi connectivity index (χ2n) is 5.06. The molecule has 0 amide bonds. The summed E-state index contributed by atoms with van der Waals surface area (Å²) in [5, 5.41) is 11.1. The highest BCUT2D eigenvalue weighted by atomic mass is 35.5. The van der Waals surface area contributed by atoms with Crippen molar-refractivity contribution >= 4 is 36.0 Å². The van der Waals surface area contributed by atoms with E-state index in [0.717, 1.165) is 5.56 Å². The third-order valence-corrected chi connectivity index (χ3v) is 3.87. The number of halogens is 1. The molecule has 0 bridgehead atoms. The molecule has 0 fully saturated rings. The Morgan fingerprint density at radius 3 is 2.69 bits per heavy atom. The molecule has 9 heteroatoms. The number of ether oxygens (including phenoxy) is 2. The summed E-state index contributed by atoms with van der Waals surface area (Å²) in [6.07, 6.45) is 3.04. The molecule has 0 saturated carbocycles. The van der Waals surface area contributed by atoms with Crippen LogP contribution in [0.25, 0.3) is 0 Å². The number of H-pyrrole nitrogens is 1. The number of benzene rings is 2. The van der Waals surface area contributed by atoms with Crippen molar-refractivity contribution < 1.29 is 14.3 Å². The number of hydrogen-bond donors (Lipinski definition) is 1. The van der Waals surface area contributed by atoms with Crippen LogP contribution in [0.5, 0.6) is 11.5 Å². The average Bonchev–Trinajstić information content (AvgIpc) is 3.06. The molecule has 0 aliphatic carbocycles. The maximum Gasteiger partial charge on any atom is 0.343 e. The van der Waals surface area contributed by atoms with E-state index in [9.17, 15) is 4.79 Å². The standard InChI is InChI=1S/C17H13ClN4O3S/c1-24-15-8-11(9-20-22-10-19-21-17(22)26)2-7-14(15)25-16(23)12-3-5-13(18)6-4-12/h2-10H,1H3,(H,21,26)/b20-9+. The molecule has 26 heavy (non-hydrogen) atoms. The van der Waals surface area contributed by atoms with Crippen molar-refractivity contribution in [1.82, 2.24) is 14.9 Å². The molecule has 132 valence electrons. The molecule has 0 saturated heterocycles. The lowest BCUT2D eigenvalue weighted by atomic mass is 10.2. The van der Waals surface area contributed by atoms with Gasteiger partial charge in [-0.05, 0) is 60.2 Å². The molecule has 1 N–H and O–H groups in total. The Balaban J connectivity index is 1.79. The molecule has 3 aromatic rings. The summed E-state index contributed by atoms with van der Waals surface area (Å²) < 4.78 is 12.5. The highest BCUT2D eigenvalue weighted by Gasteiger charge is 2.12. The maximum absolute atomic E-state index is 12.2. The predicted molar refractivity (Wildman–Crippen MR) is 99.8 cm³/mol. The molecule has 7 nitrogen and oxygen atoms in total. The zero-order chi connectivity index (χ0) is 18.5. The van der Waals surface area contributed by atoms with Crippen LogP contribution in [0.4, 0.5) is 0 Å². The number of aromatic nitrogens is 3. The lowest BCUT2D eigenvalue weighted by molar-refractivity contribution is 0.0729. The van der Waals surface area contributed by atoms with E-state index in [2.05, 4.69) is 15.3 Å². The van der Waals surface area contributed by atoms with E-state index in [-0.39, 0.29) is 0 Å². The minimum absolute atomic E-state index is 0.296. The minimum Gasteiger partial charge on any atom is -0.493 e. The van der Waals surface area contributed by atoms with Crippen molar-refractivity contribution in [2.24, 2.45) is 5.10 Å². The van der Waals surface area contributed by atoms with Crippen LogP contribution in [0.3, 0.4) is 0 Å². The van der Waals surface area contributed by atoms with Crippen LogP contribution in [0.15, 0.2) is 53.9 Å². The van der Waals surface area contributed by atoms with E-state index >= 15 is 0 Å². The fourth-order valence-electron chi connectivity index (χ4n) is 2.05. The van der Waals surface area contributed by atoms with Crippen LogP contribution in [0.2, 0.25) is 5.02 Å². The van der Waals surface area contributed by atoms with Gasteiger partial charge in [0.25, 0.3) is 0 Å². The Hall–Kier alpha value is -2.97. The normalized spacial score (nSPS) is 10.8. The first-order valence-electron chi connectivity index (χ1n) is 7.39. The Morgan fingerprint density at radius 2 is 2.04 bits per heavy atom. The van der Waals surface area contributed by atoms with Gasteiger partial charge in [-0.1, -0.05) is 11.6 Å². The highest BCUT2D eigenvalue weighted by Crippen LogP contribution is 2.28. The van der Waals surface area contributed by atoms with Gasteiger partial charge in [-0.25, -0.2) is 4.79 Å². The lowest BCUT2D eigenvalue weighted by Crippen LogP contribution is -2.09. The van der Waals surface area contributed by atoms with Crippen LogP contribution in [-0.2, 0) is 0 Å². The largest absolute Gasteiger partial charge is 0.493 e. The number of rotatable bonds is 5. The number of carbonyl (C=O) groups is 1. The smallest absolute Gasteiger partial charge is 0.343 e. The van der Waals surface area contributed by atoms with Crippen LogP contribution in [0.1, 0.15) is 15.9 Å². The van der Waals surface area contributed by atoms with Crippen molar-refractivity contribution in [1.29, 1.82) is 0 Å². The summed E-state index contributed by atoms with van der Waals surface area (Å²) in [4.78, 5) is 12.2. The number of nitrogens with one attached hydrogen (secondary N) is 1. The fourth-order valence-corrected chi connectivity index (χ4v) is 2.32. The predicted octanol–water partition coefficient (Wildman–Crippen LogP) is 3.70. The van der Waals surface area contributed by atoms with Crippen molar-refractivity contribution in [3.8, 4) is 11.5 Å². The molecule has 3 rings (SSSR count). The molecule has 1 heterocycles. The molecule has 0 unspecified atom stereocenters. The monoisotopic (exact) mass is 388 g/mol. The number of carbonyl (C=O) groups excluding carboxylic acids is 1. The van der Waals surface area contributed by atoms with Crippen molar-refractivity contribution in [2.45, 2.75) is 0 Å². The van der Waals surface area contributed by atoms with E-state index < -0.39 is 5.97 Å². The van der Waals surface area contributed by atoms with Gasteiger partial charge in [-0.2, -0.15) is 14.9 Å². The summed E-state index contributed by atoms with van der Waals surface area (Å²) >= 11 is 10.8. The molecule has 1 aromatic heterocycles. The van der Waals surface area contributed by atoms with Crippen molar-refractivity contribution in [3.63, 3.8) is 0 Å². The first-order chi connectivity index (χ1) is 12.6. The first kappa shape index (κ1) is 17.8. The van der Waals surface area contributed by atoms with E-state index in [1.165, 1.54) is 18.1 Å². The van der Waals surface area contributed by atoms with Gasteiger partial charge in [0.05, 0.1) is 18.9 Å². The molecular formula is C17H13ClN4O3S. The Morgan fingerprint density at radius 1 is 1.27 bits per heavy atom. The third-order valence-electron chi connectivity index (χ3n) is 3.34. The third kappa shape index (κ3) is 4.16. The topological polar surface area (TPSA) is 81.5 Å². The number of nitrogens with zero attached hydrogens (tertiary/aromatic N) is 3. The summed E-state index contributed by atoms with van der Waals surface area (Å²) in [7, 11) is 1.49. The Labute approximate surface area is 158 Å². The maximum atomic E-state index is 12.2. The van der Waals surface area contributed by atoms with Crippen molar-refractivity contribution in [2.75, 3.05) is 7.11 Å². The number of aromatic amines is 1. The summed E-state index contributed by atoms with van der Waals surface area (Å²) in [6, 6.07) is 11.5. The quantitative estimate of drug-likeness (QED) is 0.312. The van der Waals surface area contributed by atoms with E-state index in [1.54, 1.807) is 48.7 Å². The highest BCUT2D eigenvalue weighted by molar-refractivity contribution is 7.71. The van der Waals surface area contributed by atoms with Crippen LogP contribution in [0, 0.1) is 4.77 Å². The van der Waals surface area contributed by atoms with Gasteiger partial charge in [0.1, 0.15) is 6.33 Å². The molecule has 2 aromatic carbocycles. The van der Waals surface area contributed by atoms with Crippen LogP contribution < -0.4 is 9.47 Å². The number of methoxy groups -OCH3 is 1. The molecule has 0 aliphatic heterocycles. The van der Waals surface area contributed by atoms with Gasteiger partial charge >= 0.3 is 5.97 Å². The summed E-state index contributed by atoms with van der Waals surface area (Å²) in [5.41, 5.74) is 1.12.